The summed E-state index contributed by atoms with van der Waals surface area (Å²) in [5.74, 6) is 0.0972. The Morgan fingerprint density at radius 3 is 2.43 bits per heavy atom. The summed E-state index contributed by atoms with van der Waals surface area (Å²) < 4.78 is 0. The molecule has 5 rings (SSSR count). The molecule has 0 bridgehead atoms. The number of benzene rings is 3. The first-order chi connectivity index (χ1) is 17.0. The SMILES string of the molecule is CCCN1C(=O)c2ccccc2C1Nc1ccc(C(=O)N2CCN(c3cccc(Cl)c3)CC2)cc1. The van der Waals surface area contributed by atoms with Gasteiger partial charge in [0, 0.05) is 65.8 Å². The maximum atomic E-state index is 13.1. The number of anilines is 2. The first kappa shape index (κ1) is 23.2. The van der Waals surface area contributed by atoms with Crippen molar-refractivity contribution in [3.05, 3.63) is 94.5 Å². The Morgan fingerprint density at radius 1 is 0.971 bits per heavy atom. The average Bonchev–Trinajstić information content (AvgIpc) is 3.15. The van der Waals surface area contributed by atoms with Crippen LogP contribution in [0.2, 0.25) is 5.02 Å². The summed E-state index contributed by atoms with van der Waals surface area (Å²) in [4.78, 5) is 32.0. The summed E-state index contributed by atoms with van der Waals surface area (Å²) in [5.41, 5.74) is 4.37. The number of hydrogen-bond donors (Lipinski definition) is 1. The first-order valence-electron chi connectivity index (χ1n) is 12.1. The van der Waals surface area contributed by atoms with E-state index >= 15 is 0 Å². The fourth-order valence-electron chi connectivity index (χ4n) is 4.89. The molecule has 0 radical (unpaired) electrons. The van der Waals surface area contributed by atoms with Crippen LogP contribution in [0.15, 0.2) is 72.8 Å². The van der Waals surface area contributed by atoms with Crippen LogP contribution in [0.1, 0.15) is 45.8 Å². The van der Waals surface area contributed by atoms with Crippen LogP contribution in [0.25, 0.3) is 0 Å². The van der Waals surface area contributed by atoms with Crippen LogP contribution < -0.4 is 10.2 Å². The highest BCUT2D eigenvalue weighted by Gasteiger charge is 2.35. The van der Waals surface area contributed by atoms with Gasteiger partial charge in [0.15, 0.2) is 0 Å². The third-order valence-corrected chi connectivity index (χ3v) is 6.93. The number of rotatable bonds is 6. The van der Waals surface area contributed by atoms with E-state index in [-0.39, 0.29) is 18.0 Å². The van der Waals surface area contributed by atoms with Crippen LogP contribution >= 0.6 is 11.6 Å². The van der Waals surface area contributed by atoms with Crippen molar-refractivity contribution in [2.24, 2.45) is 0 Å². The summed E-state index contributed by atoms with van der Waals surface area (Å²) in [7, 11) is 0. The number of carbonyl (C=O) groups is 2. The molecule has 0 aliphatic carbocycles. The molecule has 7 heteroatoms. The molecule has 0 saturated carbocycles. The zero-order chi connectivity index (χ0) is 24.4. The van der Waals surface area contributed by atoms with Gasteiger partial charge in [-0.05, 0) is 55.0 Å². The maximum absolute atomic E-state index is 13.1. The topological polar surface area (TPSA) is 55.9 Å². The van der Waals surface area contributed by atoms with Gasteiger partial charge in [0.25, 0.3) is 11.8 Å². The number of nitrogens with one attached hydrogen (secondary N) is 1. The molecule has 180 valence electrons. The van der Waals surface area contributed by atoms with Crippen LogP contribution in [-0.2, 0) is 0 Å². The van der Waals surface area contributed by atoms with Crippen LogP contribution in [-0.4, -0.2) is 54.3 Å². The molecule has 1 atom stereocenters. The summed E-state index contributed by atoms with van der Waals surface area (Å²) >= 11 is 6.13. The minimum Gasteiger partial charge on any atom is -0.368 e. The second-order valence-corrected chi connectivity index (χ2v) is 9.41. The largest absolute Gasteiger partial charge is 0.368 e. The molecule has 35 heavy (non-hydrogen) atoms. The molecule has 1 N–H and O–H groups in total. The summed E-state index contributed by atoms with van der Waals surface area (Å²) in [6.45, 7) is 5.63. The monoisotopic (exact) mass is 488 g/mol. The van der Waals surface area contributed by atoms with Gasteiger partial charge in [0.1, 0.15) is 6.17 Å². The summed E-state index contributed by atoms with van der Waals surface area (Å²) in [6, 6.07) is 23.1. The fourth-order valence-corrected chi connectivity index (χ4v) is 5.07. The molecule has 0 aromatic heterocycles. The lowest BCUT2D eigenvalue weighted by molar-refractivity contribution is 0.0738. The zero-order valence-electron chi connectivity index (χ0n) is 19.8. The predicted octanol–water partition coefficient (Wildman–Crippen LogP) is 5.28. The Kier molecular flexibility index (Phi) is 6.64. The van der Waals surface area contributed by atoms with Crippen molar-refractivity contribution >= 4 is 34.8 Å². The fraction of sp³-hybridized carbons (Fsp3) is 0.286. The van der Waals surface area contributed by atoms with Gasteiger partial charge in [-0.25, -0.2) is 0 Å². The Hall–Kier alpha value is -3.51. The van der Waals surface area contributed by atoms with Gasteiger partial charge in [-0.3, -0.25) is 9.59 Å². The van der Waals surface area contributed by atoms with Crippen LogP contribution in [0, 0.1) is 0 Å². The van der Waals surface area contributed by atoms with Crippen molar-refractivity contribution in [3.8, 4) is 0 Å². The minimum absolute atomic E-state index is 0.0382. The number of fused-ring (bicyclic) bond motifs is 1. The number of piperazine rings is 1. The van der Waals surface area contributed by atoms with E-state index in [1.807, 2.05) is 82.6 Å². The Bertz CT molecular complexity index is 1220. The molecule has 1 unspecified atom stereocenters. The van der Waals surface area contributed by atoms with E-state index in [2.05, 4.69) is 17.1 Å². The van der Waals surface area contributed by atoms with Crippen LogP contribution in [0.4, 0.5) is 11.4 Å². The van der Waals surface area contributed by atoms with Gasteiger partial charge in [0.2, 0.25) is 0 Å². The third kappa shape index (κ3) is 4.71. The van der Waals surface area contributed by atoms with Gasteiger partial charge < -0.3 is 20.0 Å². The van der Waals surface area contributed by atoms with Gasteiger partial charge in [-0.2, -0.15) is 0 Å². The second kappa shape index (κ2) is 10.0. The highest BCUT2D eigenvalue weighted by molar-refractivity contribution is 6.30. The number of halogens is 1. The number of hydrogen-bond acceptors (Lipinski definition) is 4. The van der Waals surface area contributed by atoms with E-state index in [1.54, 1.807) is 0 Å². The highest BCUT2D eigenvalue weighted by atomic mass is 35.5. The molecule has 2 aliphatic rings. The molecule has 2 aliphatic heterocycles. The zero-order valence-corrected chi connectivity index (χ0v) is 20.5. The van der Waals surface area contributed by atoms with E-state index in [0.29, 0.717) is 25.2 Å². The smallest absolute Gasteiger partial charge is 0.256 e. The molecule has 2 amide bonds. The predicted molar refractivity (Wildman–Crippen MR) is 140 cm³/mol. The van der Waals surface area contributed by atoms with Gasteiger partial charge in [0.05, 0.1) is 0 Å². The molecule has 2 heterocycles. The maximum Gasteiger partial charge on any atom is 0.256 e. The van der Waals surface area contributed by atoms with Crippen LogP contribution in [0.3, 0.4) is 0 Å². The molecule has 3 aromatic rings. The lowest BCUT2D eigenvalue weighted by Gasteiger charge is -2.36. The van der Waals surface area contributed by atoms with E-state index in [0.717, 1.165) is 47.0 Å². The molecule has 0 spiro atoms. The van der Waals surface area contributed by atoms with E-state index in [9.17, 15) is 9.59 Å². The molecule has 1 fully saturated rings. The van der Waals surface area contributed by atoms with E-state index < -0.39 is 0 Å². The lowest BCUT2D eigenvalue weighted by Crippen LogP contribution is -2.48. The standard InChI is InChI=1S/C28H29ClN4O2/c1-2-14-33-26(24-8-3-4-9-25(24)28(33)35)30-22-12-10-20(11-13-22)27(34)32-17-15-31(16-18-32)23-7-5-6-21(29)19-23/h3-13,19,26,30H,2,14-18H2,1H3. The van der Waals surface area contributed by atoms with E-state index in [1.165, 1.54) is 0 Å². The van der Waals surface area contributed by atoms with Gasteiger partial charge in [-0.1, -0.05) is 42.8 Å². The molecular weight excluding hydrogens is 460 g/mol. The lowest BCUT2D eigenvalue weighted by atomic mass is 10.1. The van der Waals surface area contributed by atoms with Crippen molar-refractivity contribution in [3.63, 3.8) is 0 Å². The summed E-state index contributed by atoms with van der Waals surface area (Å²) in [5, 5.41) is 4.22. The Morgan fingerprint density at radius 2 is 1.71 bits per heavy atom. The van der Waals surface area contributed by atoms with Crippen LogP contribution in [0.5, 0.6) is 0 Å². The Labute approximate surface area is 211 Å². The Balaban J connectivity index is 1.24. The normalized spacial score (nSPS) is 17.5. The molecule has 6 nitrogen and oxygen atoms in total. The number of amides is 2. The van der Waals surface area contributed by atoms with Gasteiger partial charge >= 0.3 is 0 Å². The van der Waals surface area contributed by atoms with E-state index in [4.69, 9.17) is 11.6 Å². The van der Waals surface area contributed by atoms with Crippen molar-refractivity contribution in [1.29, 1.82) is 0 Å². The van der Waals surface area contributed by atoms with Crippen molar-refractivity contribution in [1.82, 2.24) is 9.80 Å². The average molecular weight is 489 g/mol. The molecular formula is C28H29ClN4O2. The molecule has 1 saturated heterocycles. The first-order valence-corrected chi connectivity index (χ1v) is 12.5. The third-order valence-electron chi connectivity index (χ3n) is 6.70. The van der Waals surface area contributed by atoms with Crippen molar-refractivity contribution < 1.29 is 9.59 Å². The minimum atomic E-state index is -0.209. The number of nitrogens with zero attached hydrogens (tertiary/aromatic N) is 3. The number of carbonyl (C=O) groups excluding carboxylic acids is 2. The summed E-state index contributed by atoms with van der Waals surface area (Å²) in [6.07, 6.45) is 0.676. The van der Waals surface area contributed by atoms with Gasteiger partial charge in [-0.15, -0.1) is 0 Å². The van der Waals surface area contributed by atoms with Crippen molar-refractivity contribution in [2.45, 2.75) is 19.5 Å². The van der Waals surface area contributed by atoms with Crippen molar-refractivity contribution in [2.75, 3.05) is 42.9 Å². The molecule has 3 aromatic carbocycles. The second-order valence-electron chi connectivity index (χ2n) is 8.97. The highest BCUT2D eigenvalue weighted by Crippen LogP contribution is 2.34. The quantitative estimate of drug-likeness (QED) is 0.513.